The smallest absolute Gasteiger partial charge is 0.328 e. The van der Waals surface area contributed by atoms with Crippen LogP contribution in [0, 0.1) is 0 Å². The van der Waals surface area contributed by atoms with Crippen LogP contribution in [0.5, 0.6) is 5.75 Å². The molecule has 2 rings (SSSR count). The lowest BCUT2D eigenvalue weighted by Crippen LogP contribution is -2.21. The molecule has 1 aromatic carbocycles. The number of alkyl halides is 1. The zero-order chi connectivity index (χ0) is 15.6. The van der Waals surface area contributed by atoms with E-state index in [-0.39, 0.29) is 11.3 Å². The summed E-state index contributed by atoms with van der Waals surface area (Å²) in [7, 11) is 1.60. The normalized spacial score (nSPS) is 14.0. The Hall–Kier alpha value is -1.75. The first-order valence-corrected chi connectivity index (χ1v) is 7.29. The molecule has 0 amide bonds. The summed E-state index contributed by atoms with van der Waals surface area (Å²) in [5.74, 6) is 1.05. The zero-order valence-electron chi connectivity index (χ0n) is 12.6. The third-order valence-electron chi connectivity index (χ3n) is 3.29. The highest BCUT2D eigenvalue weighted by molar-refractivity contribution is 6.20. The lowest BCUT2D eigenvalue weighted by Gasteiger charge is -2.17. The van der Waals surface area contributed by atoms with E-state index in [9.17, 15) is 4.79 Å². The predicted octanol–water partition coefficient (Wildman–Crippen LogP) is 3.47. The van der Waals surface area contributed by atoms with Crippen molar-refractivity contribution in [1.82, 2.24) is 9.55 Å². The molecular formula is C15H19ClN2O3. The molecule has 0 aliphatic rings. The topological polar surface area (TPSA) is 53.4 Å². The Bertz CT molecular complexity index is 652. The molecule has 0 fully saturated rings. The van der Waals surface area contributed by atoms with E-state index in [1.54, 1.807) is 21.0 Å². The lowest BCUT2D eigenvalue weighted by molar-refractivity contribution is -0.146. The third-order valence-corrected chi connectivity index (χ3v) is 3.49. The van der Waals surface area contributed by atoms with Crippen LogP contribution in [-0.4, -0.2) is 29.2 Å². The maximum Gasteiger partial charge on any atom is 0.328 e. The Morgan fingerprint density at radius 1 is 1.43 bits per heavy atom. The Morgan fingerprint density at radius 2 is 2.14 bits per heavy atom. The van der Waals surface area contributed by atoms with Crippen molar-refractivity contribution in [3.8, 4) is 5.75 Å². The maximum atomic E-state index is 12.0. The summed E-state index contributed by atoms with van der Waals surface area (Å²) in [5.41, 5.74) is 1.58. The van der Waals surface area contributed by atoms with Crippen LogP contribution in [0.15, 0.2) is 18.2 Å². The van der Waals surface area contributed by atoms with E-state index < -0.39 is 6.04 Å². The van der Waals surface area contributed by atoms with Crippen LogP contribution in [0.25, 0.3) is 11.0 Å². The van der Waals surface area contributed by atoms with Crippen molar-refractivity contribution in [3.63, 3.8) is 0 Å². The first-order chi connectivity index (χ1) is 9.99. The molecule has 21 heavy (non-hydrogen) atoms. The molecule has 114 valence electrons. The summed E-state index contributed by atoms with van der Waals surface area (Å²) in [5, 5.41) is -0.319. The highest BCUT2D eigenvalue weighted by Crippen LogP contribution is 2.30. The van der Waals surface area contributed by atoms with Crippen LogP contribution >= 0.6 is 11.6 Å². The van der Waals surface area contributed by atoms with Crippen molar-refractivity contribution < 1.29 is 14.3 Å². The van der Waals surface area contributed by atoms with E-state index in [0.717, 1.165) is 11.0 Å². The number of halogens is 1. The molecule has 0 bridgehead atoms. The van der Waals surface area contributed by atoms with Gasteiger partial charge < -0.3 is 14.0 Å². The molecule has 1 aromatic heterocycles. The number of carbonyl (C=O) groups is 1. The number of esters is 1. The van der Waals surface area contributed by atoms with Gasteiger partial charge in [-0.15, -0.1) is 11.6 Å². The number of methoxy groups -OCH3 is 1. The van der Waals surface area contributed by atoms with Crippen molar-refractivity contribution >= 4 is 28.6 Å². The molecule has 2 aromatic rings. The summed E-state index contributed by atoms with van der Waals surface area (Å²) in [6.07, 6.45) is 0. The van der Waals surface area contributed by atoms with E-state index in [1.165, 1.54) is 0 Å². The zero-order valence-corrected chi connectivity index (χ0v) is 13.3. The highest BCUT2D eigenvalue weighted by Gasteiger charge is 2.24. The van der Waals surface area contributed by atoms with Gasteiger partial charge in [-0.1, -0.05) is 0 Å². The van der Waals surface area contributed by atoms with Gasteiger partial charge in [-0.25, -0.2) is 9.78 Å². The van der Waals surface area contributed by atoms with Crippen molar-refractivity contribution in [2.45, 2.75) is 32.2 Å². The molecule has 0 saturated carbocycles. The van der Waals surface area contributed by atoms with E-state index in [0.29, 0.717) is 18.2 Å². The number of fused-ring (bicyclic) bond motifs is 1. The summed E-state index contributed by atoms with van der Waals surface area (Å²) in [6, 6.07) is 5.05. The molecule has 0 aliphatic heterocycles. The van der Waals surface area contributed by atoms with Gasteiger partial charge in [-0.3, -0.25) is 0 Å². The van der Waals surface area contributed by atoms with Crippen molar-refractivity contribution in [2.75, 3.05) is 13.7 Å². The number of imidazole rings is 1. The Morgan fingerprint density at radius 3 is 2.71 bits per heavy atom. The minimum atomic E-state index is -0.487. The average molecular weight is 311 g/mol. The second-order valence-electron chi connectivity index (χ2n) is 4.74. The average Bonchev–Trinajstić information content (AvgIpc) is 2.85. The molecule has 0 radical (unpaired) electrons. The first kappa shape index (κ1) is 15.6. The number of hydrogen-bond donors (Lipinski definition) is 0. The molecule has 0 N–H and O–H groups in total. The fourth-order valence-corrected chi connectivity index (χ4v) is 2.43. The minimum absolute atomic E-state index is 0.300. The molecule has 1 heterocycles. The Kier molecular flexibility index (Phi) is 4.73. The number of hydrogen-bond acceptors (Lipinski definition) is 4. The van der Waals surface area contributed by atoms with Gasteiger partial charge in [0.2, 0.25) is 0 Å². The summed E-state index contributed by atoms with van der Waals surface area (Å²) in [4.78, 5) is 16.6. The predicted molar refractivity (Wildman–Crippen MR) is 81.9 cm³/mol. The van der Waals surface area contributed by atoms with Crippen molar-refractivity contribution in [3.05, 3.63) is 24.0 Å². The largest absolute Gasteiger partial charge is 0.497 e. The molecule has 0 saturated heterocycles. The second-order valence-corrected chi connectivity index (χ2v) is 5.39. The van der Waals surface area contributed by atoms with Gasteiger partial charge in [0, 0.05) is 6.07 Å². The number of aromatic nitrogens is 2. The molecule has 0 spiro atoms. The number of ether oxygens (including phenoxy) is 2. The molecular weight excluding hydrogens is 292 g/mol. The summed E-state index contributed by atoms with van der Waals surface area (Å²) >= 11 is 6.21. The van der Waals surface area contributed by atoms with E-state index in [2.05, 4.69) is 4.98 Å². The molecule has 5 nitrogen and oxygen atoms in total. The van der Waals surface area contributed by atoms with Gasteiger partial charge in [0.25, 0.3) is 0 Å². The van der Waals surface area contributed by atoms with Gasteiger partial charge in [0.05, 0.1) is 30.1 Å². The molecule has 0 aliphatic carbocycles. The van der Waals surface area contributed by atoms with Crippen molar-refractivity contribution in [1.29, 1.82) is 0 Å². The highest BCUT2D eigenvalue weighted by atomic mass is 35.5. The third kappa shape index (κ3) is 2.97. The second kappa shape index (κ2) is 6.35. The number of carbonyl (C=O) groups excluding carboxylic acids is 1. The fourth-order valence-electron chi connectivity index (χ4n) is 2.28. The van der Waals surface area contributed by atoms with Crippen LogP contribution in [0.2, 0.25) is 0 Å². The standard InChI is InChI=1S/C15H19ClN2O3/c1-5-21-15(19)10(3)18-13-7-6-11(20-4)8-12(13)17-14(18)9(2)16/h6-10H,5H2,1-4H3. The molecule has 2 atom stereocenters. The Balaban J connectivity index is 2.58. The monoisotopic (exact) mass is 310 g/mol. The van der Waals surface area contributed by atoms with Crippen LogP contribution in [0.3, 0.4) is 0 Å². The SMILES string of the molecule is CCOC(=O)C(C)n1c(C(C)Cl)nc2cc(OC)ccc21. The van der Waals surface area contributed by atoms with E-state index in [1.807, 2.05) is 29.7 Å². The minimum Gasteiger partial charge on any atom is -0.497 e. The number of nitrogens with zero attached hydrogens (tertiary/aromatic N) is 2. The summed E-state index contributed by atoms with van der Waals surface area (Å²) < 4.78 is 12.1. The number of benzene rings is 1. The summed E-state index contributed by atoms with van der Waals surface area (Å²) in [6.45, 7) is 5.74. The van der Waals surface area contributed by atoms with Gasteiger partial charge >= 0.3 is 5.97 Å². The molecule has 6 heteroatoms. The van der Waals surface area contributed by atoms with Crippen LogP contribution in [0.4, 0.5) is 0 Å². The van der Waals surface area contributed by atoms with E-state index in [4.69, 9.17) is 21.1 Å². The van der Waals surface area contributed by atoms with Crippen LogP contribution in [0.1, 0.15) is 38.0 Å². The van der Waals surface area contributed by atoms with Crippen LogP contribution < -0.4 is 4.74 Å². The Labute approximate surface area is 128 Å². The van der Waals surface area contributed by atoms with Gasteiger partial charge in [0.15, 0.2) is 0 Å². The van der Waals surface area contributed by atoms with Gasteiger partial charge in [-0.2, -0.15) is 0 Å². The molecule has 2 unspecified atom stereocenters. The lowest BCUT2D eigenvalue weighted by atomic mass is 10.2. The number of rotatable bonds is 5. The fraction of sp³-hybridized carbons (Fsp3) is 0.467. The maximum absolute atomic E-state index is 12.0. The first-order valence-electron chi connectivity index (χ1n) is 6.86. The van der Waals surface area contributed by atoms with Gasteiger partial charge in [0.1, 0.15) is 17.6 Å². The van der Waals surface area contributed by atoms with Crippen LogP contribution in [-0.2, 0) is 9.53 Å². The quantitative estimate of drug-likeness (QED) is 0.627. The van der Waals surface area contributed by atoms with Crippen molar-refractivity contribution in [2.24, 2.45) is 0 Å². The van der Waals surface area contributed by atoms with Gasteiger partial charge in [-0.05, 0) is 32.9 Å². The van der Waals surface area contributed by atoms with E-state index >= 15 is 0 Å².